The van der Waals surface area contributed by atoms with Gasteiger partial charge in [-0.05, 0) is 64.7 Å². The van der Waals surface area contributed by atoms with E-state index in [1.165, 1.54) is 31.6 Å². The van der Waals surface area contributed by atoms with Gasteiger partial charge >= 0.3 is 6.09 Å². The van der Waals surface area contributed by atoms with Gasteiger partial charge in [0.2, 0.25) is 5.75 Å². The first kappa shape index (κ1) is 26.8. The van der Waals surface area contributed by atoms with Crippen molar-refractivity contribution >= 4 is 27.5 Å². The van der Waals surface area contributed by atoms with Crippen LogP contribution in [0, 0.1) is 0 Å². The summed E-state index contributed by atoms with van der Waals surface area (Å²) < 4.78 is 48.4. The van der Waals surface area contributed by atoms with E-state index < -0.39 is 15.4 Å². The maximum absolute atomic E-state index is 12.8. The zero-order valence-corrected chi connectivity index (χ0v) is 23.4. The monoisotopic (exact) mass is 565 g/mol. The van der Waals surface area contributed by atoms with E-state index in [1.54, 1.807) is 0 Å². The molecule has 12 heteroatoms. The molecular weight excluding hydrogens is 534 g/mol. The van der Waals surface area contributed by atoms with E-state index in [2.05, 4.69) is 9.97 Å². The zero-order chi connectivity index (χ0) is 27.2. The number of piperidine rings is 1. The number of benzene rings is 1. The first-order valence-electron chi connectivity index (χ1n) is 12.7. The Labute approximate surface area is 227 Å². The fourth-order valence-electron chi connectivity index (χ4n) is 5.08. The molecule has 1 amide bonds. The van der Waals surface area contributed by atoms with Gasteiger partial charge in [-0.15, -0.1) is 0 Å². The molecule has 0 N–H and O–H groups in total. The van der Waals surface area contributed by atoms with Crippen LogP contribution in [0.2, 0.25) is 5.02 Å². The number of ether oxygens (including phenoxy) is 4. The van der Waals surface area contributed by atoms with Crippen LogP contribution < -0.4 is 14.2 Å². The summed E-state index contributed by atoms with van der Waals surface area (Å²) in [5.74, 6) is 0.733. The van der Waals surface area contributed by atoms with Crippen molar-refractivity contribution in [2.45, 2.75) is 93.2 Å². The Morgan fingerprint density at radius 1 is 1.05 bits per heavy atom. The van der Waals surface area contributed by atoms with E-state index in [0.29, 0.717) is 25.7 Å². The highest BCUT2D eigenvalue weighted by molar-refractivity contribution is 7.92. The molecule has 206 valence electrons. The van der Waals surface area contributed by atoms with Crippen molar-refractivity contribution in [1.82, 2.24) is 14.9 Å². The minimum Gasteiger partial charge on any atom is -0.487 e. The highest BCUT2D eigenvalue weighted by atomic mass is 35.5. The molecule has 1 saturated carbocycles. The van der Waals surface area contributed by atoms with E-state index in [1.807, 2.05) is 25.7 Å². The number of sulfone groups is 1. The molecule has 0 spiro atoms. The summed E-state index contributed by atoms with van der Waals surface area (Å²) in [6.07, 6.45) is 5.24. The van der Waals surface area contributed by atoms with E-state index in [0.717, 1.165) is 12.8 Å². The molecule has 3 atom stereocenters. The summed E-state index contributed by atoms with van der Waals surface area (Å²) >= 11 is 6.37. The third kappa shape index (κ3) is 5.49. The zero-order valence-electron chi connectivity index (χ0n) is 21.8. The van der Waals surface area contributed by atoms with Gasteiger partial charge < -0.3 is 23.8 Å². The normalized spacial score (nSPS) is 23.2. The van der Waals surface area contributed by atoms with Gasteiger partial charge in [0.1, 0.15) is 23.8 Å². The van der Waals surface area contributed by atoms with Crippen LogP contribution in [0.4, 0.5) is 4.79 Å². The van der Waals surface area contributed by atoms with Crippen molar-refractivity contribution in [1.29, 1.82) is 0 Å². The topological polar surface area (TPSA) is 117 Å². The largest absolute Gasteiger partial charge is 0.487 e. The molecule has 2 aromatic rings. The van der Waals surface area contributed by atoms with E-state index in [4.69, 9.17) is 30.5 Å². The summed E-state index contributed by atoms with van der Waals surface area (Å²) in [6, 6.07) is 4.43. The van der Waals surface area contributed by atoms with Crippen molar-refractivity contribution < 1.29 is 32.2 Å². The number of rotatable bonds is 7. The molecular formula is C26H32ClN3O7S. The van der Waals surface area contributed by atoms with Gasteiger partial charge in [0.25, 0.3) is 11.8 Å². The Morgan fingerprint density at radius 3 is 2.29 bits per heavy atom. The smallest absolute Gasteiger partial charge is 0.410 e. The Bertz CT molecular complexity index is 1310. The molecule has 3 fully saturated rings. The van der Waals surface area contributed by atoms with Crippen LogP contribution in [0.5, 0.6) is 23.3 Å². The molecule has 1 aromatic heterocycles. The van der Waals surface area contributed by atoms with Gasteiger partial charge in [-0.3, -0.25) is 0 Å². The Morgan fingerprint density at radius 2 is 1.71 bits per heavy atom. The lowest BCUT2D eigenvalue weighted by atomic mass is 10.0. The SMILES string of the molecule is COc1c(Oc2ccc(S(=O)(=O)C3CC3)cc2Cl)ncnc1O[C@H]1CC2CC[C@@H](C1)N2C(=O)OC(C)(C)C. The first-order chi connectivity index (χ1) is 18.0. The maximum atomic E-state index is 12.8. The number of nitrogens with zero attached hydrogens (tertiary/aromatic N) is 3. The summed E-state index contributed by atoms with van der Waals surface area (Å²) in [5, 5.41) is -0.195. The van der Waals surface area contributed by atoms with Crippen LogP contribution in [-0.4, -0.2) is 65.5 Å². The van der Waals surface area contributed by atoms with Crippen LogP contribution in [-0.2, 0) is 14.6 Å². The van der Waals surface area contributed by atoms with Crippen molar-refractivity contribution in [3.05, 3.63) is 29.5 Å². The molecule has 1 aliphatic carbocycles. The summed E-state index contributed by atoms with van der Waals surface area (Å²) in [7, 11) is -1.92. The molecule has 2 saturated heterocycles. The summed E-state index contributed by atoms with van der Waals surface area (Å²) in [4.78, 5) is 23.2. The summed E-state index contributed by atoms with van der Waals surface area (Å²) in [6.45, 7) is 5.59. The number of methoxy groups -OCH3 is 1. The lowest BCUT2D eigenvalue weighted by Gasteiger charge is -2.39. The number of halogens is 1. The third-order valence-electron chi connectivity index (χ3n) is 6.92. The second-order valence-electron chi connectivity index (χ2n) is 10.9. The second kappa shape index (κ2) is 10.1. The number of hydrogen-bond donors (Lipinski definition) is 0. The van der Waals surface area contributed by atoms with Crippen molar-refractivity contribution in [2.75, 3.05) is 7.11 Å². The fourth-order valence-corrected chi connectivity index (χ4v) is 7.05. The average molecular weight is 566 g/mol. The van der Waals surface area contributed by atoms with Gasteiger partial charge in [-0.1, -0.05) is 11.6 Å². The van der Waals surface area contributed by atoms with Crippen LogP contribution in [0.15, 0.2) is 29.4 Å². The maximum Gasteiger partial charge on any atom is 0.410 e. The predicted octanol–water partition coefficient (Wildman–Crippen LogP) is 5.18. The van der Waals surface area contributed by atoms with Gasteiger partial charge in [-0.2, -0.15) is 9.97 Å². The highest BCUT2D eigenvalue weighted by Crippen LogP contribution is 2.43. The number of hydrogen-bond acceptors (Lipinski definition) is 9. The van der Waals surface area contributed by atoms with E-state index in [-0.39, 0.29) is 62.7 Å². The van der Waals surface area contributed by atoms with Crippen LogP contribution in [0.25, 0.3) is 0 Å². The van der Waals surface area contributed by atoms with E-state index >= 15 is 0 Å². The minimum absolute atomic E-state index is 0.0291. The molecule has 38 heavy (non-hydrogen) atoms. The Hall–Kier alpha value is -2.79. The lowest BCUT2D eigenvalue weighted by molar-refractivity contribution is -0.00797. The molecule has 10 nitrogen and oxygen atoms in total. The molecule has 3 aliphatic rings. The molecule has 3 heterocycles. The molecule has 2 bridgehead atoms. The molecule has 0 radical (unpaired) electrons. The Balaban J connectivity index is 1.30. The molecule has 1 aromatic carbocycles. The van der Waals surface area contributed by atoms with Gasteiger partial charge in [0.05, 0.1) is 22.3 Å². The van der Waals surface area contributed by atoms with Crippen molar-refractivity contribution in [3.63, 3.8) is 0 Å². The number of amides is 1. The van der Waals surface area contributed by atoms with Gasteiger partial charge in [0, 0.05) is 24.9 Å². The quantitative estimate of drug-likeness (QED) is 0.447. The third-order valence-corrected chi connectivity index (χ3v) is 9.47. The minimum atomic E-state index is -3.38. The Kier molecular flexibility index (Phi) is 7.10. The summed E-state index contributed by atoms with van der Waals surface area (Å²) in [5.41, 5.74) is -0.552. The number of carbonyl (C=O) groups is 1. The van der Waals surface area contributed by atoms with Crippen LogP contribution in [0.1, 0.15) is 59.3 Å². The number of carbonyl (C=O) groups excluding carboxylic acids is 1. The highest BCUT2D eigenvalue weighted by Gasteiger charge is 2.46. The van der Waals surface area contributed by atoms with Crippen molar-refractivity contribution in [2.24, 2.45) is 0 Å². The fraction of sp³-hybridized carbons (Fsp3) is 0.577. The first-order valence-corrected chi connectivity index (χ1v) is 14.7. The van der Waals surface area contributed by atoms with Gasteiger partial charge in [-0.25, -0.2) is 13.2 Å². The predicted molar refractivity (Wildman–Crippen MR) is 139 cm³/mol. The average Bonchev–Trinajstić information content (AvgIpc) is 3.65. The lowest BCUT2D eigenvalue weighted by Crippen LogP contribution is -2.50. The van der Waals surface area contributed by atoms with Crippen LogP contribution in [0.3, 0.4) is 0 Å². The molecule has 2 aliphatic heterocycles. The second-order valence-corrected chi connectivity index (χ2v) is 13.6. The van der Waals surface area contributed by atoms with Crippen molar-refractivity contribution in [3.8, 4) is 23.3 Å². The van der Waals surface area contributed by atoms with E-state index in [9.17, 15) is 13.2 Å². The molecule has 1 unspecified atom stereocenters. The van der Waals surface area contributed by atoms with Gasteiger partial charge in [0.15, 0.2) is 9.84 Å². The molecule has 5 rings (SSSR count). The van der Waals surface area contributed by atoms with Crippen LogP contribution >= 0.6 is 11.6 Å². The standard InChI is InChI=1S/C26H32ClN3O7S/c1-26(2,3)37-25(31)30-15-5-6-16(30)12-17(11-15)35-23-22(34-4)24(29-14-28-23)36-21-10-9-19(13-20(21)27)38(32,33)18-7-8-18/h9-10,13-18H,5-8,11-12H2,1-4H3/t15-,16?,17+/m0/s1. The number of aromatic nitrogens is 2. The number of fused-ring (bicyclic) bond motifs is 2.